The maximum absolute atomic E-state index is 13.3. The van der Waals surface area contributed by atoms with Crippen LogP contribution in [0.4, 0.5) is 4.39 Å². The molecule has 4 nitrogen and oxygen atoms in total. The third-order valence-electron chi connectivity index (χ3n) is 3.15. The Labute approximate surface area is 118 Å². The molecule has 1 heterocycles. The molecule has 0 atom stereocenters. The summed E-state index contributed by atoms with van der Waals surface area (Å²) in [4.78, 5) is 13.8. The van der Waals surface area contributed by atoms with Gasteiger partial charge in [0.1, 0.15) is 5.82 Å². The zero-order valence-corrected chi connectivity index (χ0v) is 11.3. The van der Waals surface area contributed by atoms with Gasteiger partial charge in [-0.15, -0.1) is 0 Å². The lowest BCUT2D eigenvalue weighted by molar-refractivity contribution is -0.116. The van der Waals surface area contributed by atoms with Gasteiger partial charge in [-0.1, -0.05) is 18.2 Å². The Hall–Kier alpha value is -1.72. The van der Waals surface area contributed by atoms with E-state index in [2.05, 4.69) is 10.2 Å². The van der Waals surface area contributed by atoms with Crippen LogP contribution in [-0.4, -0.2) is 50.2 Å². The molecule has 20 heavy (non-hydrogen) atoms. The van der Waals surface area contributed by atoms with Gasteiger partial charge in [0.05, 0.1) is 13.2 Å². The number of ether oxygens (including phenoxy) is 1. The maximum Gasteiger partial charge on any atom is 0.244 e. The van der Waals surface area contributed by atoms with Crippen molar-refractivity contribution in [1.82, 2.24) is 10.2 Å². The van der Waals surface area contributed by atoms with E-state index in [1.807, 2.05) is 0 Å². The first kappa shape index (κ1) is 14.7. The first-order chi connectivity index (χ1) is 9.75. The van der Waals surface area contributed by atoms with Crippen LogP contribution in [0, 0.1) is 5.82 Å². The fraction of sp³-hybridized carbons (Fsp3) is 0.400. The fourth-order valence-electron chi connectivity index (χ4n) is 2.00. The van der Waals surface area contributed by atoms with Crippen molar-refractivity contribution < 1.29 is 13.9 Å². The van der Waals surface area contributed by atoms with Gasteiger partial charge in [-0.3, -0.25) is 9.69 Å². The zero-order chi connectivity index (χ0) is 14.2. The molecule has 0 aromatic heterocycles. The summed E-state index contributed by atoms with van der Waals surface area (Å²) in [5.41, 5.74) is 0.413. The van der Waals surface area contributed by atoms with E-state index in [1.165, 1.54) is 18.2 Å². The number of carbonyl (C=O) groups is 1. The van der Waals surface area contributed by atoms with Crippen molar-refractivity contribution in [2.75, 3.05) is 39.4 Å². The molecule has 0 bridgehead atoms. The molecule has 1 aliphatic heterocycles. The third-order valence-corrected chi connectivity index (χ3v) is 3.15. The van der Waals surface area contributed by atoms with E-state index >= 15 is 0 Å². The first-order valence-electron chi connectivity index (χ1n) is 6.76. The summed E-state index contributed by atoms with van der Waals surface area (Å²) in [5.74, 6) is -0.536. The molecule has 108 valence electrons. The molecule has 2 rings (SSSR count). The number of carbonyl (C=O) groups excluding carboxylic acids is 1. The minimum absolute atomic E-state index is 0.207. The van der Waals surface area contributed by atoms with Gasteiger partial charge in [0.2, 0.25) is 5.91 Å². The standard InChI is InChI=1S/C15H19FN2O2/c16-14-4-2-1-3-13(14)5-6-15(19)17-7-8-18-9-11-20-12-10-18/h1-6H,7-12H2,(H,17,19)/b6-5+. The number of benzene rings is 1. The monoisotopic (exact) mass is 278 g/mol. The van der Waals surface area contributed by atoms with Crippen LogP contribution in [0.5, 0.6) is 0 Å². The molecule has 0 aliphatic carbocycles. The summed E-state index contributed by atoms with van der Waals surface area (Å²) >= 11 is 0. The van der Waals surface area contributed by atoms with Crippen LogP contribution in [0.1, 0.15) is 5.56 Å². The van der Waals surface area contributed by atoms with Crippen LogP contribution in [0.3, 0.4) is 0 Å². The SMILES string of the molecule is O=C(/C=C/c1ccccc1F)NCCN1CCOCC1. The highest BCUT2D eigenvalue weighted by atomic mass is 19.1. The quantitative estimate of drug-likeness (QED) is 0.825. The Balaban J connectivity index is 1.71. The summed E-state index contributed by atoms with van der Waals surface area (Å²) in [7, 11) is 0. The van der Waals surface area contributed by atoms with Crippen LogP contribution in [-0.2, 0) is 9.53 Å². The second kappa shape index (κ2) is 7.77. The molecule has 1 saturated heterocycles. The second-order valence-electron chi connectivity index (χ2n) is 4.60. The number of morpholine rings is 1. The van der Waals surface area contributed by atoms with Crippen molar-refractivity contribution in [3.05, 3.63) is 41.7 Å². The van der Waals surface area contributed by atoms with E-state index in [4.69, 9.17) is 4.74 Å². The molecular weight excluding hydrogens is 259 g/mol. The van der Waals surface area contributed by atoms with Crippen LogP contribution in [0.2, 0.25) is 0 Å². The molecular formula is C15H19FN2O2. The van der Waals surface area contributed by atoms with E-state index in [0.29, 0.717) is 12.1 Å². The number of nitrogens with one attached hydrogen (secondary N) is 1. The lowest BCUT2D eigenvalue weighted by atomic mass is 10.2. The van der Waals surface area contributed by atoms with Crippen molar-refractivity contribution in [3.63, 3.8) is 0 Å². The first-order valence-corrected chi connectivity index (χ1v) is 6.76. The predicted molar refractivity (Wildman–Crippen MR) is 75.7 cm³/mol. The highest BCUT2D eigenvalue weighted by Gasteiger charge is 2.09. The van der Waals surface area contributed by atoms with Gasteiger partial charge in [0.25, 0.3) is 0 Å². The number of hydrogen-bond acceptors (Lipinski definition) is 3. The van der Waals surface area contributed by atoms with Crippen LogP contribution >= 0.6 is 0 Å². The molecule has 1 aromatic rings. The molecule has 0 radical (unpaired) electrons. The van der Waals surface area contributed by atoms with Gasteiger partial charge >= 0.3 is 0 Å². The summed E-state index contributed by atoms with van der Waals surface area (Å²) in [6.45, 7) is 4.70. The van der Waals surface area contributed by atoms with Crippen molar-refractivity contribution in [2.45, 2.75) is 0 Å². The van der Waals surface area contributed by atoms with E-state index in [-0.39, 0.29) is 11.7 Å². The van der Waals surface area contributed by atoms with Crippen LogP contribution in [0.15, 0.2) is 30.3 Å². The largest absolute Gasteiger partial charge is 0.379 e. The number of rotatable bonds is 5. The highest BCUT2D eigenvalue weighted by Crippen LogP contribution is 2.07. The van der Waals surface area contributed by atoms with E-state index < -0.39 is 0 Å². The fourth-order valence-corrected chi connectivity index (χ4v) is 2.00. The normalized spacial score (nSPS) is 16.4. The number of hydrogen-bond donors (Lipinski definition) is 1. The van der Waals surface area contributed by atoms with Gasteiger partial charge in [0, 0.05) is 37.8 Å². The van der Waals surface area contributed by atoms with E-state index in [0.717, 1.165) is 32.8 Å². The molecule has 1 N–H and O–H groups in total. The molecule has 1 aliphatic rings. The topological polar surface area (TPSA) is 41.6 Å². The molecule has 0 spiro atoms. The van der Waals surface area contributed by atoms with Gasteiger partial charge in [-0.25, -0.2) is 4.39 Å². The van der Waals surface area contributed by atoms with Gasteiger partial charge in [-0.05, 0) is 12.1 Å². The van der Waals surface area contributed by atoms with Crippen molar-refractivity contribution in [3.8, 4) is 0 Å². The average molecular weight is 278 g/mol. The van der Waals surface area contributed by atoms with Crippen molar-refractivity contribution in [1.29, 1.82) is 0 Å². The third kappa shape index (κ3) is 4.75. The summed E-state index contributed by atoms with van der Waals surface area (Å²) in [6, 6.07) is 6.36. The summed E-state index contributed by atoms with van der Waals surface area (Å²) < 4.78 is 18.6. The Morgan fingerprint density at radius 2 is 2.10 bits per heavy atom. The molecule has 0 unspecified atom stereocenters. The van der Waals surface area contributed by atoms with E-state index in [1.54, 1.807) is 18.2 Å². The summed E-state index contributed by atoms with van der Waals surface area (Å²) in [6.07, 6.45) is 2.84. The number of nitrogens with zero attached hydrogens (tertiary/aromatic N) is 1. The van der Waals surface area contributed by atoms with Gasteiger partial charge in [0.15, 0.2) is 0 Å². The Bertz CT molecular complexity index is 471. The van der Waals surface area contributed by atoms with Gasteiger partial charge in [-0.2, -0.15) is 0 Å². The zero-order valence-electron chi connectivity index (χ0n) is 11.3. The molecule has 5 heteroatoms. The Kier molecular flexibility index (Phi) is 5.70. The van der Waals surface area contributed by atoms with E-state index in [9.17, 15) is 9.18 Å². The molecule has 1 amide bonds. The smallest absolute Gasteiger partial charge is 0.244 e. The molecule has 1 aromatic carbocycles. The number of amides is 1. The maximum atomic E-state index is 13.3. The molecule has 0 saturated carbocycles. The lowest BCUT2D eigenvalue weighted by Crippen LogP contribution is -2.41. The predicted octanol–water partition coefficient (Wildman–Crippen LogP) is 1.29. The lowest BCUT2D eigenvalue weighted by Gasteiger charge is -2.26. The average Bonchev–Trinajstić information content (AvgIpc) is 2.47. The minimum atomic E-state index is -0.329. The van der Waals surface area contributed by atoms with Crippen molar-refractivity contribution >= 4 is 12.0 Å². The van der Waals surface area contributed by atoms with Crippen molar-refractivity contribution in [2.24, 2.45) is 0 Å². The van der Waals surface area contributed by atoms with Crippen LogP contribution < -0.4 is 5.32 Å². The Morgan fingerprint density at radius 3 is 2.85 bits per heavy atom. The minimum Gasteiger partial charge on any atom is -0.379 e. The summed E-state index contributed by atoms with van der Waals surface area (Å²) in [5, 5.41) is 2.79. The number of halogens is 1. The second-order valence-corrected chi connectivity index (χ2v) is 4.60. The van der Waals surface area contributed by atoms with Gasteiger partial charge < -0.3 is 10.1 Å². The Morgan fingerprint density at radius 1 is 1.35 bits per heavy atom. The molecule has 1 fully saturated rings. The highest BCUT2D eigenvalue weighted by molar-refractivity contribution is 5.91. The van der Waals surface area contributed by atoms with Crippen LogP contribution in [0.25, 0.3) is 6.08 Å².